The maximum absolute atomic E-state index is 13.1. The Balaban J connectivity index is 1.58. The van der Waals surface area contributed by atoms with Gasteiger partial charge in [0.1, 0.15) is 11.4 Å². The zero-order valence-corrected chi connectivity index (χ0v) is 23.6. The average molecular weight is 560 g/mol. The Kier molecular flexibility index (Phi) is 12.2. The SMILES string of the molecule is CCCNc1nc(NCCc2ccncc2)ncc1C(=O)Nc1cccc(NC(=O)CNC(=O)/C=C/CN(C)C)c1. The van der Waals surface area contributed by atoms with E-state index in [0.717, 1.165) is 18.4 Å². The van der Waals surface area contributed by atoms with Crippen LogP contribution in [0.2, 0.25) is 0 Å². The Labute approximate surface area is 240 Å². The van der Waals surface area contributed by atoms with Crippen LogP contribution in [0.1, 0.15) is 29.3 Å². The molecular formula is C29H37N9O3. The minimum absolute atomic E-state index is 0.186. The van der Waals surface area contributed by atoms with Crippen molar-refractivity contribution in [3.63, 3.8) is 0 Å². The minimum atomic E-state index is -0.396. The maximum atomic E-state index is 13.1. The smallest absolute Gasteiger partial charge is 0.260 e. The van der Waals surface area contributed by atoms with Crippen molar-refractivity contribution >= 4 is 40.9 Å². The average Bonchev–Trinajstić information content (AvgIpc) is 2.95. The highest BCUT2D eigenvalue weighted by atomic mass is 16.2. The summed E-state index contributed by atoms with van der Waals surface area (Å²) in [6.45, 7) is 3.72. The van der Waals surface area contributed by atoms with E-state index in [1.54, 1.807) is 42.7 Å². The molecule has 1 aromatic carbocycles. The molecule has 12 nitrogen and oxygen atoms in total. The Morgan fingerprint density at radius 1 is 0.976 bits per heavy atom. The molecule has 0 aliphatic carbocycles. The minimum Gasteiger partial charge on any atom is -0.369 e. The summed E-state index contributed by atoms with van der Waals surface area (Å²) in [7, 11) is 3.78. The fourth-order valence-corrected chi connectivity index (χ4v) is 3.55. The van der Waals surface area contributed by atoms with Crippen LogP contribution >= 0.6 is 0 Å². The van der Waals surface area contributed by atoms with Gasteiger partial charge in [-0.15, -0.1) is 0 Å². The molecule has 0 spiro atoms. The van der Waals surface area contributed by atoms with E-state index in [9.17, 15) is 14.4 Å². The number of nitrogens with one attached hydrogen (secondary N) is 5. The second kappa shape index (κ2) is 16.3. The molecule has 3 amide bonds. The van der Waals surface area contributed by atoms with Crippen molar-refractivity contribution in [1.29, 1.82) is 0 Å². The predicted molar refractivity (Wildman–Crippen MR) is 161 cm³/mol. The van der Waals surface area contributed by atoms with Crippen LogP contribution in [0.25, 0.3) is 0 Å². The molecule has 0 saturated heterocycles. The van der Waals surface area contributed by atoms with E-state index < -0.39 is 11.8 Å². The largest absolute Gasteiger partial charge is 0.369 e. The van der Waals surface area contributed by atoms with E-state index in [4.69, 9.17) is 0 Å². The number of carbonyl (C=O) groups is 3. The Morgan fingerprint density at radius 3 is 2.46 bits per heavy atom. The molecule has 0 radical (unpaired) electrons. The molecule has 2 heterocycles. The normalized spacial score (nSPS) is 10.8. The lowest BCUT2D eigenvalue weighted by atomic mass is 10.2. The van der Waals surface area contributed by atoms with Gasteiger partial charge in [0.15, 0.2) is 0 Å². The van der Waals surface area contributed by atoms with Gasteiger partial charge in [-0.2, -0.15) is 4.98 Å². The predicted octanol–water partition coefficient (Wildman–Crippen LogP) is 2.77. The van der Waals surface area contributed by atoms with Crippen LogP contribution in [0.5, 0.6) is 0 Å². The van der Waals surface area contributed by atoms with Crippen LogP contribution in [-0.2, 0) is 16.0 Å². The molecule has 3 aromatic rings. The molecule has 41 heavy (non-hydrogen) atoms. The van der Waals surface area contributed by atoms with Crippen LogP contribution in [0.15, 0.2) is 67.1 Å². The quantitative estimate of drug-likeness (QED) is 0.177. The van der Waals surface area contributed by atoms with E-state index in [-0.39, 0.29) is 18.0 Å². The molecule has 5 N–H and O–H groups in total. The van der Waals surface area contributed by atoms with Crippen molar-refractivity contribution in [1.82, 2.24) is 25.2 Å². The fraction of sp³-hybridized carbons (Fsp3) is 0.310. The lowest BCUT2D eigenvalue weighted by Crippen LogP contribution is -2.31. The van der Waals surface area contributed by atoms with Gasteiger partial charge in [-0.25, -0.2) is 4.98 Å². The van der Waals surface area contributed by atoms with E-state index in [2.05, 4.69) is 41.5 Å². The molecule has 0 fully saturated rings. The van der Waals surface area contributed by atoms with Gasteiger partial charge >= 0.3 is 0 Å². The zero-order chi connectivity index (χ0) is 29.5. The Hall–Kier alpha value is -4.84. The first-order chi connectivity index (χ1) is 19.8. The van der Waals surface area contributed by atoms with Crippen molar-refractivity contribution in [2.45, 2.75) is 19.8 Å². The third-order valence-electron chi connectivity index (χ3n) is 5.59. The third-order valence-corrected chi connectivity index (χ3v) is 5.59. The molecule has 0 bridgehead atoms. The number of pyridine rings is 1. The first-order valence-electron chi connectivity index (χ1n) is 13.4. The molecule has 0 unspecified atom stereocenters. The molecule has 2 aromatic heterocycles. The zero-order valence-electron chi connectivity index (χ0n) is 23.6. The molecule has 0 atom stereocenters. The second-order valence-corrected chi connectivity index (χ2v) is 9.38. The van der Waals surface area contributed by atoms with Crippen LogP contribution in [0.3, 0.4) is 0 Å². The van der Waals surface area contributed by atoms with Crippen LogP contribution in [0, 0.1) is 0 Å². The van der Waals surface area contributed by atoms with Crippen LogP contribution in [0.4, 0.5) is 23.1 Å². The van der Waals surface area contributed by atoms with Gasteiger partial charge in [0.05, 0.1) is 6.54 Å². The van der Waals surface area contributed by atoms with Crippen molar-refractivity contribution in [2.75, 3.05) is 61.5 Å². The molecule has 0 aliphatic rings. The molecule has 0 aliphatic heterocycles. The summed E-state index contributed by atoms with van der Waals surface area (Å²) in [5.41, 5.74) is 2.38. The van der Waals surface area contributed by atoms with Gasteiger partial charge in [-0.05, 0) is 62.8 Å². The topological polar surface area (TPSA) is 153 Å². The summed E-state index contributed by atoms with van der Waals surface area (Å²) < 4.78 is 0. The van der Waals surface area contributed by atoms with Crippen molar-refractivity contribution in [2.24, 2.45) is 0 Å². The van der Waals surface area contributed by atoms with E-state index in [1.165, 1.54) is 12.3 Å². The summed E-state index contributed by atoms with van der Waals surface area (Å²) in [6.07, 6.45) is 9.72. The van der Waals surface area contributed by atoms with Gasteiger partial charge < -0.3 is 31.5 Å². The van der Waals surface area contributed by atoms with E-state index >= 15 is 0 Å². The summed E-state index contributed by atoms with van der Waals surface area (Å²) in [5, 5.41) is 14.5. The number of hydrogen-bond donors (Lipinski definition) is 5. The van der Waals surface area contributed by atoms with Gasteiger partial charge in [0, 0.05) is 55.7 Å². The Morgan fingerprint density at radius 2 is 1.73 bits per heavy atom. The molecule has 12 heteroatoms. The standard InChI is InChI=1S/C29H37N9O3/c1-4-13-31-27-24(19-34-29(37-27)32-16-12-21-10-14-30-15-11-21)28(41)36-23-8-5-7-22(18-23)35-26(40)20-33-25(39)9-6-17-38(2)3/h5-11,14-15,18-19H,4,12-13,16-17,20H2,1-3H3,(H,33,39)(H,35,40)(H,36,41)(H2,31,32,34,37)/b9-6+. The van der Waals surface area contributed by atoms with Crippen LogP contribution in [-0.4, -0.2) is 77.8 Å². The molecule has 3 rings (SSSR count). The summed E-state index contributed by atoms with van der Waals surface area (Å²) in [4.78, 5) is 52.1. The van der Waals surface area contributed by atoms with Gasteiger partial charge in [-0.3, -0.25) is 19.4 Å². The highest BCUT2D eigenvalue weighted by Crippen LogP contribution is 2.19. The fourth-order valence-electron chi connectivity index (χ4n) is 3.55. The number of nitrogens with zero attached hydrogens (tertiary/aromatic N) is 4. The molecule has 0 saturated carbocycles. The van der Waals surface area contributed by atoms with E-state index in [1.807, 2.05) is 38.1 Å². The number of aromatic nitrogens is 3. The number of anilines is 4. The van der Waals surface area contributed by atoms with Crippen molar-refractivity contribution in [3.05, 3.63) is 78.3 Å². The van der Waals surface area contributed by atoms with Gasteiger partial charge in [-0.1, -0.05) is 19.1 Å². The first kappa shape index (κ1) is 30.7. The summed E-state index contributed by atoms with van der Waals surface area (Å²) >= 11 is 0. The number of amides is 3. The number of benzene rings is 1. The highest BCUT2D eigenvalue weighted by molar-refractivity contribution is 6.07. The van der Waals surface area contributed by atoms with E-state index in [0.29, 0.717) is 42.8 Å². The van der Waals surface area contributed by atoms with Gasteiger partial charge in [0.25, 0.3) is 5.91 Å². The molecule has 216 valence electrons. The highest BCUT2D eigenvalue weighted by Gasteiger charge is 2.16. The lowest BCUT2D eigenvalue weighted by molar-refractivity contribution is -0.121. The number of carbonyl (C=O) groups excluding carboxylic acids is 3. The first-order valence-corrected chi connectivity index (χ1v) is 13.4. The second-order valence-electron chi connectivity index (χ2n) is 9.38. The Bertz CT molecular complexity index is 1330. The van der Waals surface area contributed by atoms with Crippen molar-refractivity contribution < 1.29 is 14.4 Å². The summed E-state index contributed by atoms with van der Waals surface area (Å²) in [6, 6.07) is 10.6. The van der Waals surface area contributed by atoms with Crippen LogP contribution < -0.4 is 26.6 Å². The third kappa shape index (κ3) is 11.0. The summed E-state index contributed by atoms with van der Waals surface area (Å²) in [5.74, 6) is -0.307. The van der Waals surface area contributed by atoms with Gasteiger partial charge in [0.2, 0.25) is 17.8 Å². The van der Waals surface area contributed by atoms with Crippen molar-refractivity contribution in [3.8, 4) is 0 Å². The monoisotopic (exact) mass is 559 g/mol. The maximum Gasteiger partial charge on any atom is 0.260 e. The number of rotatable bonds is 15. The molecular weight excluding hydrogens is 522 g/mol. The number of hydrogen-bond acceptors (Lipinski definition) is 9. The lowest BCUT2D eigenvalue weighted by Gasteiger charge is -2.13. The number of likely N-dealkylation sites (N-methyl/N-ethyl adjacent to an activating group) is 1.